The van der Waals surface area contributed by atoms with Crippen LogP contribution in [0.2, 0.25) is 0 Å². The Morgan fingerprint density at radius 3 is 2.28 bits per heavy atom. The minimum absolute atomic E-state index is 0.0515. The van der Waals surface area contributed by atoms with Gasteiger partial charge in [-0.25, -0.2) is 0 Å². The Morgan fingerprint density at radius 2 is 1.72 bits per heavy atom. The summed E-state index contributed by atoms with van der Waals surface area (Å²) in [6, 6.07) is 9.33. The smallest absolute Gasteiger partial charge is 0.253 e. The first kappa shape index (κ1) is 17.9. The number of nitrogens with one attached hydrogen (secondary N) is 1. The molecule has 1 aromatic heterocycles. The van der Waals surface area contributed by atoms with Crippen molar-refractivity contribution in [3.05, 3.63) is 57.3 Å². The summed E-state index contributed by atoms with van der Waals surface area (Å²) in [6.45, 7) is 7.01. The second kappa shape index (κ2) is 7.54. The maximum absolute atomic E-state index is 12.5. The molecule has 2 aromatic rings. The van der Waals surface area contributed by atoms with Gasteiger partial charge in [-0.15, -0.1) is 0 Å². The van der Waals surface area contributed by atoms with Crippen molar-refractivity contribution in [2.45, 2.75) is 13.8 Å². The lowest BCUT2D eigenvalue weighted by molar-refractivity contribution is 0.0624. The van der Waals surface area contributed by atoms with E-state index in [1.807, 2.05) is 49.1 Å². The number of carbonyl (C=O) groups is 2. The highest BCUT2D eigenvalue weighted by molar-refractivity contribution is 9.10. The summed E-state index contributed by atoms with van der Waals surface area (Å²) in [5.74, 6) is 0.185. The number of H-pyrrole nitrogens is 1. The maximum Gasteiger partial charge on any atom is 0.253 e. The highest BCUT2D eigenvalue weighted by Gasteiger charge is 2.24. The van der Waals surface area contributed by atoms with Crippen LogP contribution in [0.3, 0.4) is 0 Å². The van der Waals surface area contributed by atoms with Crippen molar-refractivity contribution >= 4 is 27.6 Å². The van der Waals surface area contributed by atoms with Crippen molar-refractivity contribution in [2.75, 3.05) is 32.7 Å². The first-order chi connectivity index (χ1) is 11.9. The van der Waals surface area contributed by atoms with Crippen molar-refractivity contribution in [1.29, 1.82) is 0 Å². The number of Topliss-reactive ketones (excluding diaryl/α,β-unsaturated/α-hetero) is 1. The topological polar surface area (TPSA) is 56.4 Å². The minimum Gasteiger partial charge on any atom is -0.362 e. The van der Waals surface area contributed by atoms with Gasteiger partial charge in [0.2, 0.25) is 0 Å². The Labute approximate surface area is 156 Å². The molecular weight excluding hydrogens is 382 g/mol. The largest absolute Gasteiger partial charge is 0.362 e. The van der Waals surface area contributed by atoms with E-state index in [0.29, 0.717) is 25.2 Å². The van der Waals surface area contributed by atoms with Crippen LogP contribution in [0.1, 0.15) is 32.1 Å². The predicted octanol–water partition coefficient (Wildman–Crippen LogP) is 3.03. The third kappa shape index (κ3) is 4.19. The van der Waals surface area contributed by atoms with Crippen LogP contribution in [-0.2, 0) is 0 Å². The number of piperazine rings is 1. The Morgan fingerprint density at radius 1 is 1.08 bits per heavy atom. The van der Waals surface area contributed by atoms with Crippen molar-refractivity contribution in [3.8, 4) is 0 Å². The first-order valence-corrected chi connectivity index (χ1v) is 9.20. The lowest BCUT2D eigenvalue weighted by Crippen LogP contribution is -2.49. The molecule has 25 heavy (non-hydrogen) atoms. The number of aromatic nitrogens is 1. The zero-order chi connectivity index (χ0) is 18.0. The van der Waals surface area contributed by atoms with Crippen LogP contribution in [0, 0.1) is 13.8 Å². The number of benzene rings is 1. The molecule has 132 valence electrons. The van der Waals surface area contributed by atoms with Crippen LogP contribution in [0.25, 0.3) is 0 Å². The van der Waals surface area contributed by atoms with Gasteiger partial charge in [0.15, 0.2) is 5.78 Å². The van der Waals surface area contributed by atoms with Crippen LogP contribution < -0.4 is 0 Å². The van der Waals surface area contributed by atoms with Gasteiger partial charge in [0, 0.05) is 53.2 Å². The molecule has 1 amide bonds. The van der Waals surface area contributed by atoms with Crippen LogP contribution in [0.4, 0.5) is 0 Å². The quantitative estimate of drug-likeness (QED) is 0.798. The molecule has 0 bridgehead atoms. The lowest BCUT2D eigenvalue weighted by Gasteiger charge is -2.34. The fourth-order valence-corrected chi connectivity index (χ4v) is 3.45. The van der Waals surface area contributed by atoms with Crippen LogP contribution >= 0.6 is 15.9 Å². The molecule has 1 aromatic carbocycles. The van der Waals surface area contributed by atoms with Gasteiger partial charge >= 0.3 is 0 Å². The van der Waals surface area contributed by atoms with E-state index in [1.54, 1.807) is 0 Å². The number of aromatic amines is 1. The van der Waals surface area contributed by atoms with Crippen molar-refractivity contribution in [3.63, 3.8) is 0 Å². The second-order valence-corrected chi connectivity index (χ2v) is 7.41. The molecule has 0 spiro atoms. The summed E-state index contributed by atoms with van der Waals surface area (Å²) in [7, 11) is 0. The minimum atomic E-state index is 0.0515. The maximum atomic E-state index is 12.5. The van der Waals surface area contributed by atoms with E-state index in [0.717, 1.165) is 34.5 Å². The normalized spacial score (nSPS) is 15.4. The summed E-state index contributed by atoms with van der Waals surface area (Å²) in [5, 5.41) is 0. The van der Waals surface area contributed by atoms with Crippen molar-refractivity contribution in [1.82, 2.24) is 14.8 Å². The molecule has 0 unspecified atom stereocenters. The Bertz CT molecular complexity index is 774. The van der Waals surface area contributed by atoms with Crippen LogP contribution in [0.15, 0.2) is 34.8 Å². The molecular formula is C19H22BrN3O2. The molecule has 5 nitrogen and oxygen atoms in total. The average molecular weight is 404 g/mol. The molecule has 1 fully saturated rings. The molecule has 1 aliphatic heterocycles. The zero-order valence-corrected chi connectivity index (χ0v) is 16.1. The fraction of sp³-hybridized carbons (Fsp3) is 0.368. The molecule has 3 rings (SSSR count). The molecule has 0 aliphatic carbocycles. The fourth-order valence-electron chi connectivity index (χ4n) is 3.19. The number of ketones is 1. The van der Waals surface area contributed by atoms with Gasteiger partial charge in [-0.1, -0.05) is 15.9 Å². The van der Waals surface area contributed by atoms with Gasteiger partial charge in [0.05, 0.1) is 6.54 Å². The monoisotopic (exact) mass is 403 g/mol. The van der Waals surface area contributed by atoms with E-state index >= 15 is 0 Å². The second-order valence-electron chi connectivity index (χ2n) is 6.49. The van der Waals surface area contributed by atoms with Gasteiger partial charge < -0.3 is 9.88 Å². The Hall–Kier alpha value is -1.92. The van der Waals surface area contributed by atoms with E-state index in [4.69, 9.17) is 0 Å². The van der Waals surface area contributed by atoms with Crippen molar-refractivity contribution < 1.29 is 9.59 Å². The molecule has 6 heteroatoms. The average Bonchev–Trinajstić information content (AvgIpc) is 2.94. The van der Waals surface area contributed by atoms with Crippen LogP contribution in [-0.4, -0.2) is 59.2 Å². The van der Waals surface area contributed by atoms with E-state index in [-0.39, 0.29) is 11.7 Å². The van der Waals surface area contributed by atoms with Crippen LogP contribution in [0.5, 0.6) is 0 Å². The number of rotatable bonds is 4. The Kier molecular flexibility index (Phi) is 5.39. The predicted molar refractivity (Wildman–Crippen MR) is 101 cm³/mol. The van der Waals surface area contributed by atoms with Gasteiger partial charge in [-0.2, -0.15) is 0 Å². The summed E-state index contributed by atoms with van der Waals surface area (Å²) >= 11 is 3.38. The van der Waals surface area contributed by atoms with E-state index in [9.17, 15) is 9.59 Å². The number of amides is 1. The number of hydrogen-bond acceptors (Lipinski definition) is 3. The zero-order valence-electron chi connectivity index (χ0n) is 14.5. The Balaban J connectivity index is 1.55. The molecule has 0 radical (unpaired) electrons. The third-order valence-electron chi connectivity index (χ3n) is 4.57. The van der Waals surface area contributed by atoms with Gasteiger partial charge in [-0.3, -0.25) is 14.5 Å². The number of hydrogen-bond donors (Lipinski definition) is 1. The number of carbonyl (C=O) groups excluding carboxylic acids is 2. The molecule has 1 N–H and O–H groups in total. The standard InChI is InChI=1S/C19H22BrN3O2/c1-13-11-17(14(2)21-13)18(24)12-22-7-9-23(10-8-22)19(25)15-3-5-16(20)6-4-15/h3-6,11,21H,7-10,12H2,1-2H3. The summed E-state index contributed by atoms with van der Waals surface area (Å²) in [5.41, 5.74) is 3.40. The van der Waals surface area contributed by atoms with E-state index in [1.165, 1.54) is 0 Å². The first-order valence-electron chi connectivity index (χ1n) is 8.40. The molecule has 2 heterocycles. The van der Waals surface area contributed by atoms with Crippen molar-refractivity contribution in [2.24, 2.45) is 0 Å². The van der Waals surface area contributed by atoms with Gasteiger partial charge in [0.1, 0.15) is 0 Å². The summed E-state index contributed by atoms with van der Waals surface area (Å²) < 4.78 is 0.961. The van der Waals surface area contributed by atoms with E-state index in [2.05, 4.69) is 25.8 Å². The molecule has 0 saturated carbocycles. The van der Waals surface area contributed by atoms with E-state index < -0.39 is 0 Å². The number of aryl methyl sites for hydroxylation is 2. The highest BCUT2D eigenvalue weighted by Crippen LogP contribution is 2.15. The molecule has 1 saturated heterocycles. The van der Waals surface area contributed by atoms with Gasteiger partial charge in [0.25, 0.3) is 5.91 Å². The number of nitrogens with zero attached hydrogens (tertiary/aromatic N) is 2. The SMILES string of the molecule is Cc1cc(C(=O)CN2CCN(C(=O)c3ccc(Br)cc3)CC2)c(C)[nH]1. The molecule has 1 aliphatic rings. The summed E-state index contributed by atoms with van der Waals surface area (Å²) in [6.07, 6.45) is 0. The molecule has 0 atom stereocenters. The lowest BCUT2D eigenvalue weighted by atomic mass is 10.1. The summed E-state index contributed by atoms with van der Waals surface area (Å²) in [4.78, 5) is 32.2. The third-order valence-corrected chi connectivity index (χ3v) is 5.10. The number of halogens is 1. The highest BCUT2D eigenvalue weighted by atomic mass is 79.9. The van der Waals surface area contributed by atoms with Gasteiger partial charge in [-0.05, 0) is 44.2 Å².